The van der Waals surface area contributed by atoms with E-state index in [1.165, 1.54) is 0 Å². The lowest BCUT2D eigenvalue weighted by molar-refractivity contribution is -0.143. The number of aromatic nitrogens is 1. The number of hydrogen-bond donors (Lipinski definition) is 1. The molecule has 2 nitrogen and oxygen atoms in total. The van der Waals surface area contributed by atoms with Crippen molar-refractivity contribution in [1.29, 1.82) is 0 Å². The maximum Gasteiger partial charge on any atom is 0.416 e. The van der Waals surface area contributed by atoms with E-state index in [1.807, 2.05) is 0 Å². The molecule has 1 aromatic heterocycles. The van der Waals surface area contributed by atoms with Crippen LogP contribution >= 0.6 is 0 Å². The predicted molar refractivity (Wildman–Crippen MR) is 64.5 cm³/mol. The minimum Gasteiger partial charge on any atom is -0.360 e. The standard InChI is InChI=1S/C13H8F6N2/c14-12(15,16)8-4-9(13(17,18)19)6-11(5-8)21-7-10-2-1-3-20-10/h1-7,20H/b21-7+. The Morgan fingerprint density at radius 1 is 0.905 bits per heavy atom. The van der Waals surface area contributed by atoms with E-state index in [0.717, 1.165) is 6.21 Å². The van der Waals surface area contributed by atoms with Crippen LogP contribution in [0.2, 0.25) is 0 Å². The first-order chi connectivity index (χ1) is 9.66. The fourth-order valence-electron chi connectivity index (χ4n) is 1.58. The van der Waals surface area contributed by atoms with E-state index in [9.17, 15) is 26.3 Å². The normalized spacial score (nSPS) is 13.0. The van der Waals surface area contributed by atoms with Crippen molar-refractivity contribution >= 4 is 11.9 Å². The highest BCUT2D eigenvalue weighted by atomic mass is 19.4. The van der Waals surface area contributed by atoms with E-state index < -0.39 is 29.2 Å². The van der Waals surface area contributed by atoms with Crippen LogP contribution < -0.4 is 0 Å². The van der Waals surface area contributed by atoms with Gasteiger partial charge >= 0.3 is 12.4 Å². The monoisotopic (exact) mass is 306 g/mol. The van der Waals surface area contributed by atoms with Crippen LogP contribution in [0.1, 0.15) is 16.8 Å². The summed E-state index contributed by atoms with van der Waals surface area (Å²) in [6.45, 7) is 0. The van der Waals surface area contributed by atoms with Crippen molar-refractivity contribution in [3.05, 3.63) is 53.3 Å². The van der Waals surface area contributed by atoms with Crippen LogP contribution in [-0.2, 0) is 12.4 Å². The van der Waals surface area contributed by atoms with Gasteiger partial charge in [0.2, 0.25) is 0 Å². The fraction of sp³-hybridized carbons (Fsp3) is 0.154. The Labute approximate surface area is 115 Å². The fourth-order valence-corrected chi connectivity index (χ4v) is 1.58. The van der Waals surface area contributed by atoms with Gasteiger partial charge in [-0.3, -0.25) is 4.99 Å². The van der Waals surface area contributed by atoms with E-state index in [-0.39, 0.29) is 6.07 Å². The van der Waals surface area contributed by atoms with Crippen LogP contribution in [0.15, 0.2) is 41.5 Å². The second-order valence-electron chi connectivity index (χ2n) is 4.15. The average molecular weight is 306 g/mol. The number of H-pyrrole nitrogens is 1. The van der Waals surface area contributed by atoms with Crippen molar-refractivity contribution in [2.45, 2.75) is 12.4 Å². The molecule has 0 atom stereocenters. The van der Waals surface area contributed by atoms with Crippen molar-refractivity contribution in [2.75, 3.05) is 0 Å². The molecule has 0 bridgehead atoms. The molecule has 8 heteroatoms. The van der Waals surface area contributed by atoms with E-state index in [4.69, 9.17) is 0 Å². The molecule has 2 aromatic rings. The topological polar surface area (TPSA) is 28.1 Å². The summed E-state index contributed by atoms with van der Waals surface area (Å²) in [5, 5.41) is 0. The minimum absolute atomic E-state index is 0.0632. The van der Waals surface area contributed by atoms with Gasteiger partial charge in [-0.1, -0.05) is 0 Å². The van der Waals surface area contributed by atoms with E-state index >= 15 is 0 Å². The Bertz CT molecular complexity index is 605. The lowest BCUT2D eigenvalue weighted by Crippen LogP contribution is -2.10. The number of halogens is 6. The third-order valence-corrected chi connectivity index (χ3v) is 2.55. The second kappa shape index (κ2) is 5.27. The number of rotatable bonds is 2. The molecule has 1 N–H and O–H groups in total. The Morgan fingerprint density at radius 2 is 1.48 bits per heavy atom. The summed E-state index contributed by atoms with van der Waals surface area (Å²) in [5.41, 5.74) is -2.75. The lowest BCUT2D eigenvalue weighted by atomic mass is 10.1. The second-order valence-corrected chi connectivity index (χ2v) is 4.15. The Hall–Kier alpha value is -2.25. The van der Waals surface area contributed by atoms with Gasteiger partial charge in [-0.15, -0.1) is 0 Å². The van der Waals surface area contributed by atoms with Crippen molar-refractivity contribution in [3.63, 3.8) is 0 Å². The van der Waals surface area contributed by atoms with Crippen LogP contribution in [0.4, 0.5) is 32.0 Å². The highest BCUT2D eigenvalue weighted by Gasteiger charge is 2.36. The number of aromatic amines is 1. The SMILES string of the molecule is FC(F)(F)c1cc(/N=C/c2ccc[nH]2)cc(C(F)(F)F)c1. The predicted octanol–water partition coefficient (Wildman–Crippen LogP) is 4.80. The van der Waals surface area contributed by atoms with Gasteiger partial charge in [-0.2, -0.15) is 26.3 Å². The summed E-state index contributed by atoms with van der Waals surface area (Å²) in [4.78, 5) is 6.34. The van der Waals surface area contributed by atoms with Gasteiger partial charge in [0.15, 0.2) is 0 Å². The molecule has 0 amide bonds. The van der Waals surface area contributed by atoms with Crippen LogP contribution in [-0.4, -0.2) is 11.2 Å². The van der Waals surface area contributed by atoms with Crippen molar-refractivity contribution in [2.24, 2.45) is 4.99 Å². The Morgan fingerprint density at radius 3 is 1.90 bits per heavy atom. The molecule has 0 aliphatic carbocycles. The molecule has 0 aliphatic heterocycles. The molecule has 0 radical (unpaired) electrons. The number of nitrogens with one attached hydrogen (secondary N) is 1. The molecule has 0 spiro atoms. The van der Waals surface area contributed by atoms with Gasteiger partial charge in [0, 0.05) is 6.20 Å². The maximum absolute atomic E-state index is 12.6. The summed E-state index contributed by atoms with van der Waals surface area (Å²) in [7, 11) is 0. The number of nitrogens with zero attached hydrogens (tertiary/aromatic N) is 1. The van der Waals surface area contributed by atoms with Gasteiger partial charge in [0.25, 0.3) is 0 Å². The van der Waals surface area contributed by atoms with Gasteiger partial charge in [-0.05, 0) is 30.3 Å². The van der Waals surface area contributed by atoms with Crippen molar-refractivity contribution in [1.82, 2.24) is 4.98 Å². The molecule has 0 saturated carbocycles. The quantitative estimate of drug-likeness (QED) is 0.609. The van der Waals surface area contributed by atoms with Gasteiger partial charge in [-0.25, -0.2) is 0 Å². The zero-order valence-corrected chi connectivity index (χ0v) is 10.3. The maximum atomic E-state index is 12.6. The molecule has 1 aromatic carbocycles. The molecule has 0 aliphatic rings. The third kappa shape index (κ3) is 3.87. The smallest absolute Gasteiger partial charge is 0.360 e. The lowest BCUT2D eigenvalue weighted by Gasteiger charge is -2.12. The first-order valence-corrected chi connectivity index (χ1v) is 5.63. The van der Waals surface area contributed by atoms with Gasteiger partial charge in [0.1, 0.15) is 0 Å². The molecule has 0 saturated heterocycles. The molecule has 112 valence electrons. The van der Waals surface area contributed by atoms with Gasteiger partial charge < -0.3 is 4.98 Å². The zero-order valence-electron chi connectivity index (χ0n) is 10.3. The van der Waals surface area contributed by atoms with Crippen molar-refractivity contribution < 1.29 is 26.3 Å². The summed E-state index contributed by atoms with van der Waals surface area (Å²) in [5.74, 6) is 0. The average Bonchev–Trinajstić information content (AvgIpc) is 2.87. The Balaban J connectivity index is 2.45. The van der Waals surface area contributed by atoms with Crippen molar-refractivity contribution in [3.8, 4) is 0 Å². The minimum atomic E-state index is -4.88. The Kier molecular flexibility index (Phi) is 3.80. The summed E-state index contributed by atoms with van der Waals surface area (Å²) >= 11 is 0. The highest BCUT2D eigenvalue weighted by molar-refractivity contribution is 5.79. The largest absolute Gasteiger partial charge is 0.416 e. The van der Waals surface area contributed by atoms with E-state index in [0.29, 0.717) is 17.8 Å². The van der Waals surface area contributed by atoms with E-state index in [1.54, 1.807) is 18.3 Å². The number of aliphatic imine (C=N–C) groups is 1. The molecule has 0 unspecified atom stereocenters. The van der Waals surface area contributed by atoms with Crippen LogP contribution in [0.3, 0.4) is 0 Å². The molecule has 2 rings (SSSR count). The molecule has 21 heavy (non-hydrogen) atoms. The van der Waals surface area contributed by atoms with Gasteiger partial charge in [0.05, 0.1) is 28.7 Å². The molecular formula is C13H8F6N2. The first-order valence-electron chi connectivity index (χ1n) is 5.63. The summed E-state index contributed by atoms with van der Waals surface area (Å²) in [6, 6.07) is 4.38. The molecule has 1 heterocycles. The third-order valence-electron chi connectivity index (χ3n) is 2.55. The van der Waals surface area contributed by atoms with Crippen LogP contribution in [0.25, 0.3) is 0 Å². The number of benzene rings is 1. The highest BCUT2D eigenvalue weighted by Crippen LogP contribution is 2.38. The molecule has 0 fully saturated rings. The number of alkyl halides is 6. The van der Waals surface area contributed by atoms with E-state index in [2.05, 4.69) is 9.98 Å². The summed E-state index contributed by atoms with van der Waals surface area (Å²) < 4.78 is 75.7. The first kappa shape index (κ1) is 15.1. The summed E-state index contributed by atoms with van der Waals surface area (Å²) in [6.07, 6.45) is -7.06. The number of hydrogen-bond acceptors (Lipinski definition) is 1. The van der Waals surface area contributed by atoms with Crippen LogP contribution in [0, 0.1) is 0 Å². The zero-order chi connectivity index (χ0) is 15.7. The molecular weight excluding hydrogens is 298 g/mol. The van der Waals surface area contributed by atoms with Crippen LogP contribution in [0.5, 0.6) is 0 Å².